The maximum atomic E-state index is 12.1. The molecule has 124 valence electrons. The first-order valence-electron chi connectivity index (χ1n) is 6.84. The molecule has 0 saturated carbocycles. The number of rotatable bonds is 8. The highest BCUT2D eigenvalue weighted by Crippen LogP contribution is 2.16. The van der Waals surface area contributed by atoms with Crippen molar-refractivity contribution in [3.8, 4) is 0 Å². The summed E-state index contributed by atoms with van der Waals surface area (Å²) in [7, 11) is -3.77. The minimum Gasteiger partial charge on any atom is -0.311 e. The molecule has 1 aromatic carbocycles. The van der Waals surface area contributed by atoms with Crippen LogP contribution in [-0.2, 0) is 16.6 Å². The summed E-state index contributed by atoms with van der Waals surface area (Å²) in [5.74, 6) is 0. The number of non-ortho nitro benzene ring substituents is 1. The van der Waals surface area contributed by atoms with Gasteiger partial charge in [-0.3, -0.25) is 15.2 Å². The molecule has 9 nitrogen and oxygen atoms in total. The molecule has 3 N–H and O–H groups in total. The smallest absolute Gasteiger partial charge is 0.270 e. The second-order valence-electron chi connectivity index (χ2n) is 4.85. The van der Waals surface area contributed by atoms with Crippen molar-refractivity contribution in [1.29, 1.82) is 0 Å². The summed E-state index contributed by atoms with van der Waals surface area (Å²) < 4.78 is 26.6. The lowest BCUT2D eigenvalue weighted by molar-refractivity contribution is -0.385. The fourth-order valence-corrected chi connectivity index (χ4v) is 2.97. The lowest BCUT2D eigenvalue weighted by atomic mass is 10.3. The summed E-state index contributed by atoms with van der Waals surface area (Å²) in [4.78, 5) is 9.93. The standard InChI is InChI=1S/C13H17N5O4S/c1-10-11(9-15-17-10)8-14-5-6-16-23(21,22)13-4-2-3-12(7-13)18(19)20/h2-4,7,9,14,16H,5-6,8H2,1H3,(H,15,17). The van der Waals surface area contributed by atoms with E-state index in [0.717, 1.165) is 17.3 Å². The monoisotopic (exact) mass is 339 g/mol. The molecule has 0 radical (unpaired) electrons. The van der Waals surface area contributed by atoms with E-state index >= 15 is 0 Å². The molecule has 0 aliphatic rings. The maximum Gasteiger partial charge on any atom is 0.270 e. The molecule has 1 aromatic heterocycles. The summed E-state index contributed by atoms with van der Waals surface area (Å²) in [6, 6.07) is 4.93. The largest absolute Gasteiger partial charge is 0.311 e. The Labute approximate surface area is 133 Å². The summed E-state index contributed by atoms with van der Waals surface area (Å²) in [5.41, 5.74) is 1.70. The van der Waals surface area contributed by atoms with Crippen LogP contribution in [0.3, 0.4) is 0 Å². The third-order valence-electron chi connectivity index (χ3n) is 3.18. The molecule has 0 amide bonds. The SMILES string of the molecule is Cc1[nH]ncc1CNCCNS(=O)(=O)c1cccc([N+](=O)[O-])c1. The van der Waals surface area contributed by atoms with E-state index in [1.54, 1.807) is 6.20 Å². The second-order valence-corrected chi connectivity index (χ2v) is 6.62. The Bertz CT molecular complexity index is 787. The Morgan fingerprint density at radius 3 is 2.78 bits per heavy atom. The summed E-state index contributed by atoms with van der Waals surface area (Å²) >= 11 is 0. The number of nitro benzene ring substituents is 1. The topological polar surface area (TPSA) is 130 Å². The van der Waals surface area contributed by atoms with Gasteiger partial charge in [0, 0.05) is 43.0 Å². The number of benzene rings is 1. The molecule has 0 unspecified atom stereocenters. The van der Waals surface area contributed by atoms with Crippen molar-refractivity contribution < 1.29 is 13.3 Å². The fourth-order valence-electron chi connectivity index (χ4n) is 1.90. The van der Waals surface area contributed by atoms with Crippen molar-refractivity contribution in [3.05, 3.63) is 51.8 Å². The van der Waals surface area contributed by atoms with Gasteiger partial charge >= 0.3 is 0 Å². The average Bonchev–Trinajstić information content (AvgIpc) is 2.92. The van der Waals surface area contributed by atoms with Crippen LogP contribution in [-0.4, -0.2) is 36.6 Å². The van der Waals surface area contributed by atoms with Gasteiger partial charge in [-0.2, -0.15) is 5.10 Å². The summed E-state index contributed by atoms with van der Waals surface area (Å²) in [5, 5.41) is 20.5. The fraction of sp³-hybridized carbons (Fsp3) is 0.308. The van der Waals surface area contributed by atoms with E-state index in [4.69, 9.17) is 0 Å². The van der Waals surface area contributed by atoms with Crippen LogP contribution in [0, 0.1) is 17.0 Å². The van der Waals surface area contributed by atoms with Crippen LogP contribution in [0.2, 0.25) is 0 Å². The van der Waals surface area contributed by atoms with Gasteiger partial charge in [0.05, 0.1) is 16.0 Å². The first-order valence-corrected chi connectivity index (χ1v) is 8.32. The van der Waals surface area contributed by atoms with E-state index in [0.29, 0.717) is 13.1 Å². The van der Waals surface area contributed by atoms with Gasteiger partial charge in [-0.25, -0.2) is 13.1 Å². The van der Waals surface area contributed by atoms with Crippen molar-refractivity contribution >= 4 is 15.7 Å². The Kier molecular flexibility index (Phi) is 5.42. The van der Waals surface area contributed by atoms with Crippen LogP contribution in [0.25, 0.3) is 0 Å². The van der Waals surface area contributed by atoms with Gasteiger partial charge in [-0.1, -0.05) is 6.07 Å². The minimum atomic E-state index is -3.77. The molecule has 0 atom stereocenters. The Hall–Kier alpha value is -2.30. The van der Waals surface area contributed by atoms with E-state index in [9.17, 15) is 18.5 Å². The number of H-pyrrole nitrogens is 1. The van der Waals surface area contributed by atoms with Gasteiger partial charge in [0.2, 0.25) is 10.0 Å². The molecule has 0 saturated heterocycles. The van der Waals surface area contributed by atoms with E-state index in [1.165, 1.54) is 18.2 Å². The highest BCUT2D eigenvalue weighted by atomic mass is 32.2. The van der Waals surface area contributed by atoms with Gasteiger partial charge in [-0.05, 0) is 13.0 Å². The lowest BCUT2D eigenvalue weighted by Gasteiger charge is -2.07. The first-order chi connectivity index (χ1) is 10.9. The van der Waals surface area contributed by atoms with Crippen LogP contribution in [0.1, 0.15) is 11.3 Å². The van der Waals surface area contributed by atoms with Crippen LogP contribution in [0.4, 0.5) is 5.69 Å². The summed E-state index contributed by atoms with van der Waals surface area (Å²) in [6.45, 7) is 3.05. The number of nitrogens with one attached hydrogen (secondary N) is 3. The van der Waals surface area contributed by atoms with Crippen molar-refractivity contribution in [2.24, 2.45) is 0 Å². The number of aromatic amines is 1. The predicted molar refractivity (Wildman–Crippen MR) is 83.3 cm³/mol. The molecule has 1 heterocycles. The van der Waals surface area contributed by atoms with Crippen LogP contribution in [0.5, 0.6) is 0 Å². The number of nitrogens with zero attached hydrogens (tertiary/aromatic N) is 2. The molecule has 0 aliphatic heterocycles. The number of sulfonamides is 1. The third kappa shape index (κ3) is 4.58. The molecule has 0 bridgehead atoms. The number of hydrogen-bond acceptors (Lipinski definition) is 6. The molecule has 0 spiro atoms. The van der Waals surface area contributed by atoms with E-state index in [-0.39, 0.29) is 17.1 Å². The zero-order valence-electron chi connectivity index (χ0n) is 12.4. The molecule has 0 aliphatic carbocycles. The molecule has 2 aromatic rings. The maximum absolute atomic E-state index is 12.1. The number of aryl methyl sites for hydroxylation is 1. The first kappa shape index (κ1) is 17.1. The Morgan fingerprint density at radius 1 is 1.35 bits per heavy atom. The van der Waals surface area contributed by atoms with Gasteiger partial charge < -0.3 is 5.32 Å². The molecule has 2 rings (SSSR count). The number of aromatic nitrogens is 2. The third-order valence-corrected chi connectivity index (χ3v) is 4.64. The van der Waals surface area contributed by atoms with Crippen molar-refractivity contribution in [2.75, 3.05) is 13.1 Å². The lowest BCUT2D eigenvalue weighted by Crippen LogP contribution is -2.31. The predicted octanol–water partition coefficient (Wildman–Crippen LogP) is 0.694. The van der Waals surface area contributed by atoms with E-state index in [1.807, 2.05) is 6.92 Å². The van der Waals surface area contributed by atoms with Crippen LogP contribution < -0.4 is 10.0 Å². The zero-order valence-corrected chi connectivity index (χ0v) is 13.3. The highest BCUT2D eigenvalue weighted by Gasteiger charge is 2.16. The Morgan fingerprint density at radius 2 is 2.13 bits per heavy atom. The van der Waals surface area contributed by atoms with Gasteiger partial charge in [-0.15, -0.1) is 0 Å². The van der Waals surface area contributed by atoms with Gasteiger partial charge in [0.15, 0.2) is 0 Å². The molecular formula is C13H17N5O4S. The van der Waals surface area contributed by atoms with Crippen LogP contribution in [0.15, 0.2) is 35.4 Å². The quantitative estimate of drug-likeness (QED) is 0.368. The molecule has 23 heavy (non-hydrogen) atoms. The normalized spacial score (nSPS) is 11.5. The number of hydrogen-bond donors (Lipinski definition) is 3. The minimum absolute atomic E-state index is 0.127. The zero-order chi connectivity index (χ0) is 16.9. The van der Waals surface area contributed by atoms with Crippen molar-refractivity contribution in [3.63, 3.8) is 0 Å². The van der Waals surface area contributed by atoms with Crippen molar-refractivity contribution in [2.45, 2.75) is 18.4 Å². The van der Waals surface area contributed by atoms with Crippen LogP contribution >= 0.6 is 0 Å². The number of nitro groups is 1. The summed E-state index contributed by atoms with van der Waals surface area (Å²) in [6.07, 6.45) is 1.70. The molecule has 0 fully saturated rings. The van der Waals surface area contributed by atoms with E-state index < -0.39 is 14.9 Å². The Balaban J connectivity index is 1.85. The second kappa shape index (κ2) is 7.31. The van der Waals surface area contributed by atoms with Gasteiger partial charge in [0.25, 0.3) is 5.69 Å². The van der Waals surface area contributed by atoms with E-state index in [2.05, 4.69) is 20.2 Å². The highest BCUT2D eigenvalue weighted by molar-refractivity contribution is 7.89. The molecule has 10 heteroatoms. The van der Waals surface area contributed by atoms with Crippen molar-refractivity contribution in [1.82, 2.24) is 20.2 Å². The average molecular weight is 339 g/mol. The molecular weight excluding hydrogens is 322 g/mol. The van der Waals surface area contributed by atoms with Gasteiger partial charge in [0.1, 0.15) is 0 Å².